The number of unbranched alkanes of at least 4 members (excludes halogenated alkanes) is 3. The van der Waals surface area contributed by atoms with Crippen molar-refractivity contribution in [1.29, 1.82) is 0 Å². The van der Waals surface area contributed by atoms with Gasteiger partial charge in [0.1, 0.15) is 5.75 Å². The van der Waals surface area contributed by atoms with E-state index in [1.54, 1.807) is 0 Å². The molecule has 196 valence electrons. The first-order valence-corrected chi connectivity index (χ1v) is 13.6. The molecule has 4 N–H and O–H groups in total. The van der Waals surface area contributed by atoms with Crippen LogP contribution in [-0.4, -0.2) is 34.7 Å². The molecule has 2 aliphatic rings. The number of aryl methyl sites for hydroxylation is 2. The number of carbonyl (C=O) groups excluding carboxylic acids is 2. The van der Waals surface area contributed by atoms with Gasteiger partial charge in [0.05, 0.1) is 24.3 Å². The normalized spacial score (nSPS) is 13.9. The van der Waals surface area contributed by atoms with Gasteiger partial charge in [-0.3, -0.25) is 9.59 Å². The fraction of sp³-hybridized carbons (Fsp3) is 0.355. The van der Waals surface area contributed by atoms with Gasteiger partial charge in [0.25, 0.3) is 5.91 Å². The van der Waals surface area contributed by atoms with E-state index in [0.29, 0.717) is 26.1 Å². The highest BCUT2D eigenvalue weighted by Gasteiger charge is 2.34. The van der Waals surface area contributed by atoms with E-state index in [1.165, 1.54) is 11.1 Å². The zero-order chi connectivity index (χ0) is 26.2. The number of aliphatic hydroxyl groups excluding tert-OH is 1. The van der Waals surface area contributed by atoms with Crippen molar-refractivity contribution in [2.45, 2.75) is 58.0 Å². The van der Waals surface area contributed by atoms with E-state index >= 15 is 0 Å². The van der Waals surface area contributed by atoms with Gasteiger partial charge in [0, 0.05) is 41.4 Å². The Hall–Kier alpha value is -3.84. The molecule has 1 aliphatic carbocycles. The van der Waals surface area contributed by atoms with Crippen LogP contribution in [0.1, 0.15) is 59.2 Å². The summed E-state index contributed by atoms with van der Waals surface area (Å²) in [6.45, 7) is 1.71. The van der Waals surface area contributed by atoms with Crippen molar-refractivity contribution >= 4 is 33.6 Å². The Morgan fingerprint density at radius 1 is 1.03 bits per heavy atom. The summed E-state index contributed by atoms with van der Waals surface area (Å²) in [5.41, 5.74) is 13.8. The lowest BCUT2D eigenvalue weighted by Crippen LogP contribution is -2.16. The molecule has 0 atom stereocenters. The summed E-state index contributed by atoms with van der Waals surface area (Å²) in [4.78, 5) is 24.1. The molecule has 0 bridgehead atoms. The smallest absolute Gasteiger partial charge is 0.252 e. The molecular weight excluding hydrogens is 478 g/mol. The highest BCUT2D eigenvalue weighted by atomic mass is 16.5. The number of hydrogen-bond acceptors (Lipinski definition) is 4. The largest absolute Gasteiger partial charge is 0.494 e. The molecule has 0 spiro atoms. The summed E-state index contributed by atoms with van der Waals surface area (Å²) in [7, 11) is 0. The van der Waals surface area contributed by atoms with Gasteiger partial charge < -0.3 is 25.5 Å². The molecule has 7 heteroatoms. The van der Waals surface area contributed by atoms with Crippen LogP contribution in [-0.2, 0) is 30.7 Å². The number of fused-ring (bicyclic) bond motifs is 10. The van der Waals surface area contributed by atoms with Crippen molar-refractivity contribution in [2.24, 2.45) is 5.73 Å². The molecule has 0 fully saturated rings. The summed E-state index contributed by atoms with van der Waals surface area (Å²) in [5.74, 6) is 0.596. The standard InChI is InChI=1S/C31H33N3O4/c32-26(36)9-3-1-2-6-16-38-20-11-13-21-19(17-20)10-12-23-27(21)29-24(18-33-31(29)37)28-22-7-4-5-8-25(22)34(14-15-35)30(23)28/h4-5,7-8,11,13,17,35H,1-3,6,9-10,12,14-16,18H2,(H2,32,36)(H,33,37). The zero-order valence-electron chi connectivity index (χ0n) is 21.5. The molecule has 2 heterocycles. The Balaban J connectivity index is 1.37. The monoisotopic (exact) mass is 511 g/mol. The topological polar surface area (TPSA) is 107 Å². The third kappa shape index (κ3) is 4.11. The van der Waals surface area contributed by atoms with Crippen molar-refractivity contribution < 1.29 is 19.4 Å². The first-order valence-electron chi connectivity index (χ1n) is 13.6. The molecular formula is C31H33N3O4. The Kier molecular flexibility index (Phi) is 6.54. The van der Waals surface area contributed by atoms with Gasteiger partial charge in [0.2, 0.25) is 5.91 Å². The average Bonchev–Trinajstić information content (AvgIpc) is 3.46. The van der Waals surface area contributed by atoms with E-state index in [9.17, 15) is 14.7 Å². The SMILES string of the molecule is NC(=O)CCCCCCOc1ccc2c(c1)CCc1c-2c2c(c3c4ccccc4n(CCO)c13)CNC2=O. The fourth-order valence-corrected chi connectivity index (χ4v) is 6.34. The first kappa shape index (κ1) is 24.5. The number of rotatable bonds is 10. The second-order valence-electron chi connectivity index (χ2n) is 10.3. The van der Waals surface area contributed by atoms with Gasteiger partial charge in [-0.1, -0.05) is 37.1 Å². The van der Waals surface area contributed by atoms with Crippen molar-refractivity contribution in [2.75, 3.05) is 13.2 Å². The number of nitrogens with one attached hydrogen (secondary N) is 1. The number of benzene rings is 3. The molecule has 6 rings (SSSR count). The van der Waals surface area contributed by atoms with Gasteiger partial charge >= 0.3 is 0 Å². The number of primary amides is 1. The van der Waals surface area contributed by atoms with Crippen molar-refractivity contribution in [3.8, 4) is 16.9 Å². The second-order valence-corrected chi connectivity index (χ2v) is 10.3. The fourth-order valence-electron chi connectivity index (χ4n) is 6.34. The lowest BCUT2D eigenvalue weighted by atomic mass is 9.80. The number of carbonyl (C=O) groups is 2. The Morgan fingerprint density at radius 3 is 2.71 bits per heavy atom. The molecule has 3 aromatic carbocycles. The number of amides is 2. The van der Waals surface area contributed by atoms with Gasteiger partial charge in [-0.05, 0) is 66.1 Å². The summed E-state index contributed by atoms with van der Waals surface area (Å²) >= 11 is 0. The van der Waals surface area contributed by atoms with Gasteiger partial charge in [-0.25, -0.2) is 0 Å². The van der Waals surface area contributed by atoms with Gasteiger partial charge in [-0.15, -0.1) is 0 Å². The molecule has 0 saturated carbocycles. The highest BCUT2D eigenvalue weighted by molar-refractivity contribution is 6.19. The molecule has 0 radical (unpaired) electrons. The number of aromatic nitrogens is 1. The zero-order valence-corrected chi connectivity index (χ0v) is 21.5. The Bertz CT molecular complexity index is 1570. The average molecular weight is 512 g/mol. The lowest BCUT2D eigenvalue weighted by molar-refractivity contribution is -0.118. The Labute approximate surface area is 221 Å². The van der Waals surface area contributed by atoms with Crippen LogP contribution in [0.5, 0.6) is 5.75 Å². The molecule has 1 aromatic heterocycles. The van der Waals surface area contributed by atoms with Gasteiger partial charge in [-0.2, -0.15) is 0 Å². The van der Waals surface area contributed by atoms with Crippen molar-refractivity contribution in [3.63, 3.8) is 0 Å². The van der Waals surface area contributed by atoms with E-state index in [2.05, 4.69) is 34.1 Å². The van der Waals surface area contributed by atoms with Crippen LogP contribution < -0.4 is 15.8 Å². The van der Waals surface area contributed by atoms with E-state index in [4.69, 9.17) is 10.5 Å². The van der Waals surface area contributed by atoms with Crippen LogP contribution in [0.2, 0.25) is 0 Å². The molecule has 2 amide bonds. The third-order valence-corrected chi connectivity index (χ3v) is 7.97. The molecule has 0 saturated heterocycles. The van der Waals surface area contributed by atoms with Crippen molar-refractivity contribution in [1.82, 2.24) is 9.88 Å². The highest BCUT2D eigenvalue weighted by Crippen LogP contribution is 2.47. The maximum absolute atomic E-state index is 13.2. The van der Waals surface area contributed by atoms with Crippen LogP contribution in [0.15, 0.2) is 42.5 Å². The van der Waals surface area contributed by atoms with Crippen molar-refractivity contribution in [3.05, 3.63) is 64.7 Å². The maximum atomic E-state index is 13.2. The van der Waals surface area contributed by atoms with Crippen LogP contribution in [0.25, 0.3) is 32.9 Å². The predicted octanol–water partition coefficient (Wildman–Crippen LogP) is 4.61. The minimum atomic E-state index is -0.240. The Morgan fingerprint density at radius 2 is 1.87 bits per heavy atom. The minimum Gasteiger partial charge on any atom is -0.494 e. The van der Waals surface area contributed by atoms with Crippen LogP contribution in [0, 0.1) is 0 Å². The van der Waals surface area contributed by atoms with E-state index in [1.807, 2.05) is 18.2 Å². The minimum absolute atomic E-state index is 0.0124. The maximum Gasteiger partial charge on any atom is 0.252 e. The van der Waals surface area contributed by atoms with Crippen LogP contribution in [0.3, 0.4) is 0 Å². The number of para-hydroxylation sites is 1. The number of nitrogens with zero attached hydrogens (tertiary/aromatic N) is 1. The summed E-state index contributed by atoms with van der Waals surface area (Å²) in [6.07, 6.45) is 5.87. The van der Waals surface area contributed by atoms with E-state index in [0.717, 1.165) is 88.3 Å². The molecule has 38 heavy (non-hydrogen) atoms. The number of ether oxygens (including phenoxy) is 1. The number of aliphatic hydroxyl groups is 1. The second kappa shape index (κ2) is 10.1. The van der Waals surface area contributed by atoms with Crippen LogP contribution in [0.4, 0.5) is 0 Å². The van der Waals surface area contributed by atoms with E-state index in [-0.39, 0.29) is 18.4 Å². The summed E-state index contributed by atoms with van der Waals surface area (Å²) in [5, 5.41) is 15.3. The molecule has 7 nitrogen and oxygen atoms in total. The van der Waals surface area contributed by atoms with Gasteiger partial charge in [0.15, 0.2) is 0 Å². The third-order valence-electron chi connectivity index (χ3n) is 7.97. The predicted molar refractivity (Wildman–Crippen MR) is 148 cm³/mol. The summed E-state index contributed by atoms with van der Waals surface area (Å²) < 4.78 is 8.29. The first-order chi connectivity index (χ1) is 18.6. The summed E-state index contributed by atoms with van der Waals surface area (Å²) in [6, 6.07) is 14.5. The van der Waals surface area contributed by atoms with E-state index < -0.39 is 0 Å². The lowest BCUT2D eigenvalue weighted by Gasteiger charge is -2.25. The number of hydrogen-bond donors (Lipinski definition) is 3. The molecule has 4 aromatic rings. The molecule has 1 aliphatic heterocycles. The number of nitrogens with two attached hydrogens (primary N) is 1. The van der Waals surface area contributed by atoms with Crippen LogP contribution >= 0.6 is 0 Å². The molecule has 0 unspecified atom stereocenters. The quantitative estimate of drug-likeness (QED) is 0.270.